The third-order valence-electron chi connectivity index (χ3n) is 3.40. The molecule has 0 saturated carbocycles. The number of H-pyrrole nitrogens is 1. The fourth-order valence-corrected chi connectivity index (χ4v) is 1.32. The Morgan fingerprint density at radius 1 is 1.47 bits per heavy atom. The maximum Gasteiger partial charge on any atom is 0.279 e. The number of hydrogen-bond donors (Lipinski definition) is 3. The average molecular weight is 267 g/mol. The zero-order valence-electron chi connectivity index (χ0n) is 12.0. The largest absolute Gasteiger partial charge is 0.388 e. The van der Waals surface area contributed by atoms with Gasteiger partial charge in [0, 0.05) is 12.2 Å². The van der Waals surface area contributed by atoms with Crippen molar-refractivity contribution in [3.8, 4) is 0 Å². The summed E-state index contributed by atoms with van der Waals surface area (Å²) in [5.41, 5.74) is -0.495. The summed E-state index contributed by atoms with van der Waals surface area (Å²) >= 11 is 0. The number of rotatable bonds is 4. The molecule has 0 aromatic carbocycles. The molecule has 19 heavy (non-hydrogen) atoms. The smallest absolute Gasteiger partial charge is 0.279 e. The fraction of sp³-hybridized carbons (Fsp3) is 0.615. The van der Waals surface area contributed by atoms with Gasteiger partial charge in [0.15, 0.2) is 5.69 Å². The third-order valence-corrected chi connectivity index (χ3v) is 3.40. The summed E-state index contributed by atoms with van der Waals surface area (Å²) in [5.74, 6) is -0.593. The van der Waals surface area contributed by atoms with Gasteiger partial charge in [-0.2, -0.15) is 0 Å². The maximum atomic E-state index is 11.9. The lowest BCUT2D eigenvalue weighted by atomic mass is 9.92. The summed E-state index contributed by atoms with van der Waals surface area (Å²) in [5, 5.41) is 12.6. The molecule has 1 atom stereocenters. The Morgan fingerprint density at radius 3 is 2.58 bits per heavy atom. The van der Waals surface area contributed by atoms with Crippen molar-refractivity contribution in [3.05, 3.63) is 27.4 Å². The second kappa shape index (κ2) is 5.52. The van der Waals surface area contributed by atoms with E-state index in [1.807, 2.05) is 13.8 Å². The van der Waals surface area contributed by atoms with Gasteiger partial charge in [0.2, 0.25) is 0 Å². The van der Waals surface area contributed by atoms with Crippen LogP contribution in [0.5, 0.6) is 0 Å². The molecule has 1 amide bonds. The van der Waals surface area contributed by atoms with Gasteiger partial charge in [-0.25, -0.2) is 4.98 Å². The number of carbonyl (C=O) groups excluding carboxylic acids is 1. The number of aromatic nitrogens is 2. The van der Waals surface area contributed by atoms with E-state index in [2.05, 4.69) is 15.3 Å². The van der Waals surface area contributed by atoms with E-state index >= 15 is 0 Å². The summed E-state index contributed by atoms with van der Waals surface area (Å²) < 4.78 is 0. The molecule has 106 valence electrons. The highest BCUT2D eigenvalue weighted by Crippen LogP contribution is 2.14. The number of nitrogens with zero attached hydrogens (tertiary/aromatic N) is 1. The topological polar surface area (TPSA) is 95.1 Å². The minimum atomic E-state index is -1.03. The van der Waals surface area contributed by atoms with Crippen molar-refractivity contribution in [1.82, 2.24) is 15.3 Å². The molecule has 6 heteroatoms. The van der Waals surface area contributed by atoms with Gasteiger partial charge in [0.05, 0.1) is 11.3 Å². The fourth-order valence-electron chi connectivity index (χ4n) is 1.32. The van der Waals surface area contributed by atoms with Gasteiger partial charge >= 0.3 is 0 Å². The van der Waals surface area contributed by atoms with Crippen LogP contribution in [-0.2, 0) is 0 Å². The number of hydrogen-bond acceptors (Lipinski definition) is 4. The standard InChI is InChI=1S/C13H21N3O3/c1-7(2)13(5,19)6-14-11(17)10-12(18)16-9(4)8(3)15-10/h7,19H,6H2,1-5H3,(H,14,17)(H,16,18). The number of aryl methyl sites for hydroxylation is 2. The van der Waals surface area contributed by atoms with Crippen LogP contribution in [0.4, 0.5) is 0 Å². The highest BCUT2D eigenvalue weighted by atomic mass is 16.3. The highest BCUT2D eigenvalue weighted by molar-refractivity contribution is 5.91. The Morgan fingerprint density at radius 2 is 2.05 bits per heavy atom. The maximum absolute atomic E-state index is 11.9. The first-order valence-corrected chi connectivity index (χ1v) is 6.23. The monoisotopic (exact) mass is 267 g/mol. The number of aromatic amines is 1. The normalized spacial score (nSPS) is 14.3. The van der Waals surface area contributed by atoms with Crippen molar-refractivity contribution in [2.24, 2.45) is 5.92 Å². The second-order valence-corrected chi connectivity index (χ2v) is 5.32. The Hall–Kier alpha value is -1.69. The Labute approximate surface area is 112 Å². The number of carbonyl (C=O) groups is 1. The minimum absolute atomic E-state index is 0.0150. The lowest BCUT2D eigenvalue weighted by Gasteiger charge is -2.27. The summed E-state index contributed by atoms with van der Waals surface area (Å²) in [7, 11) is 0. The van der Waals surface area contributed by atoms with E-state index in [-0.39, 0.29) is 18.2 Å². The molecular weight excluding hydrogens is 246 g/mol. The Balaban J connectivity index is 2.86. The SMILES string of the molecule is Cc1nc(C(=O)NCC(C)(O)C(C)C)c(=O)[nH]c1C. The first-order chi connectivity index (χ1) is 8.65. The van der Waals surface area contributed by atoms with Gasteiger partial charge in [-0.05, 0) is 26.7 Å². The molecule has 1 aromatic heterocycles. The third kappa shape index (κ3) is 3.64. The summed E-state index contributed by atoms with van der Waals surface area (Å²) in [4.78, 5) is 30.1. The van der Waals surface area contributed by atoms with Crippen LogP contribution in [0.3, 0.4) is 0 Å². The van der Waals surface area contributed by atoms with Crippen molar-refractivity contribution < 1.29 is 9.90 Å². The van der Waals surface area contributed by atoms with Crippen molar-refractivity contribution >= 4 is 5.91 Å². The summed E-state index contributed by atoms with van der Waals surface area (Å²) in [6.45, 7) is 8.84. The quantitative estimate of drug-likeness (QED) is 0.741. The van der Waals surface area contributed by atoms with Gasteiger partial charge in [0.1, 0.15) is 0 Å². The van der Waals surface area contributed by atoms with E-state index < -0.39 is 17.1 Å². The van der Waals surface area contributed by atoms with Crippen LogP contribution in [0.2, 0.25) is 0 Å². The van der Waals surface area contributed by atoms with E-state index in [1.54, 1.807) is 20.8 Å². The van der Waals surface area contributed by atoms with Crippen LogP contribution in [0, 0.1) is 19.8 Å². The number of aliphatic hydroxyl groups is 1. The van der Waals surface area contributed by atoms with Crippen molar-refractivity contribution in [1.29, 1.82) is 0 Å². The van der Waals surface area contributed by atoms with Crippen molar-refractivity contribution in [2.45, 2.75) is 40.2 Å². The van der Waals surface area contributed by atoms with Gasteiger partial charge in [-0.1, -0.05) is 13.8 Å². The summed E-state index contributed by atoms with van der Waals surface area (Å²) in [6.07, 6.45) is 0. The van der Waals surface area contributed by atoms with Gasteiger partial charge in [0.25, 0.3) is 11.5 Å². The first-order valence-electron chi connectivity index (χ1n) is 6.23. The second-order valence-electron chi connectivity index (χ2n) is 5.32. The molecule has 3 N–H and O–H groups in total. The minimum Gasteiger partial charge on any atom is -0.388 e. The zero-order valence-corrected chi connectivity index (χ0v) is 12.0. The molecule has 0 aliphatic heterocycles. The molecule has 0 spiro atoms. The van der Waals surface area contributed by atoms with Crippen LogP contribution in [0.1, 0.15) is 42.6 Å². The molecule has 0 fully saturated rings. The molecule has 6 nitrogen and oxygen atoms in total. The highest BCUT2D eigenvalue weighted by Gasteiger charge is 2.26. The van der Waals surface area contributed by atoms with Crippen LogP contribution >= 0.6 is 0 Å². The molecule has 0 radical (unpaired) electrons. The van der Waals surface area contributed by atoms with E-state index in [0.29, 0.717) is 11.4 Å². The van der Waals surface area contributed by atoms with Crippen molar-refractivity contribution in [2.75, 3.05) is 6.54 Å². The molecular formula is C13H21N3O3. The molecule has 1 aromatic rings. The molecule has 0 saturated heterocycles. The van der Waals surface area contributed by atoms with Crippen molar-refractivity contribution in [3.63, 3.8) is 0 Å². The van der Waals surface area contributed by atoms with Gasteiger partial charge in [-0.3, -0.25) is 9.59 Å². The molecule has 1 heterocycles. The van der Waals surface area contributed by atoms with Gasteiger partial charge < -0.3 is 15.4 Å². The zero-order chi connectivity index (χ0) is 14.8. The van der Waals surface area contributed by atoms with E-state index in [4.69, 9.17) is 0 Å². The molecule has 0 aliphatic carbocycles. The molecule has 1 unspecified atom stereocenters. The van der Waals surface area contributed by atoms with Crippen LogP contribution in [0.15, 0.2) is 4.79 Å². The average Bonchev–Trinajstić information content (AvgIpc) is 2.30. The van der Waals surface area contributed by atoms with E-state index in [1.165, 1.54) is 0 Å². The Bertz CT molecular complexity index is 532. The van der Waals surface area contributed by atoms with Crippen LogP contribution in [0.25, 0.3) is 0 Å². The lowest BCUT2D eigenvalue weighted by Crippen LogP contribution is -2.45. The lowest BCUT2D eigenvalue weighted by molar-refractivity contribution is 0.0141. The van der Waals surface area contributed by atoms with Crippen LogP contribution in [-0.4, -0.2) is 33.1 Å². The first kappa shape index (κ1) is 15.4. The Kier molecular flexibility index (Phi) is 4.47. The molecule has 0 bridgehead atoms. The molecule has 1 rings (SSSR count). The predicted octanol–water partition coefficient (Wildman–Crippen LogP) is 0.524. The van der Waals surface area contributed by atoms with Gasteiger partial charge in [-0.15, -0.1) is 0 Å². The summed E-state index contributed by atoms with van der Waals surface area (Å²) in [6, 6.07) is 0. The number of amides is 1. The van der Waals surface area contributed by atoms with E-state index in [0.717, 1.165) is 0 Å². The number of nitrogens with one attached hydrogen (secondary N) is 2. The predicted molar refractivity (Wildman–Crippen MR) is 72.1 cm³/mol. The van der Waals surface area contributed by atoms with Crippen LogP contribution < -0.4 is 10.9 Å². The molecule has 0 aliphatic rings. The van der Waals surface area contributed by atoms with E-state index in [9.17, 15) is 14.7 Å².